The van der Waals surface area contributed by atoms with Gasteiger partial charge < -0.3 is 9.64 Å². The van der Waals surface area contributed by atoms with Crippen LogP contribution >= 0.6 is 0 Å². The molecule has 1 fully saturated rings. The van der Waals surface area contributed by atoms with Crippen molar-refractivity contribution in [3.05, 3.63) is 29.8 Å². The maximum Gasteiger partial charge on any atom is 0.235 e. The highest BCUT2D eigenvalue weighted by Crippen LogP contribution is 2.26. The average molecular weight is 246 g/mol. The minimum Gasteiger partial charge on any atom is -0.378 e. The standard InChI is InChI=1S/C14H18N2O2/c1-14(2,15-11-17)12-3-5-13(6-4-12)16-7-9-18-10-8-16/h3-6H,7-10H2,1-2H3. The summed E-state index contributed by atoms with van der Waals surface area (Å²) in [5, 5.41) is 0. The molecule has 1 aromatic carbocycles. The number of rotatable bonds is 3. The molecule has 0 radical (unpaired) electrons. The largest absolute Gasteiger partial charge is 0.378 e. The van der Waals surface area contributed by atoms with Gasteiger partial charge in [0.1, 0.15) is 0 Å². The summed E-state index contributed by atoms with van der Waals surface area (Å²) in [4.78, 5) is 16.5. The molecule has 18 heavy (non-hydrogen) atoms. The molecule has 0 unspecified atom stereocenters. The normalized spacial score (nSPS) is 16.2. The van der Waals surface area contributed by atoms with Gasteiger partial charge in [-0.3, -0.25) is 0 Å². The highest BCUT2D eigenvalue weighted by molar-refractivity contribution is 5.49. The van der Waals surface area contributed by atoms with Crippen molar-refractivity contribution < 1.29 is 9.53 Å². The molecular weight excluding hydrogens is 228 g/mol. The van der Waals surface area contributed by atoms with Crippen molar-refractivity contribution in [1.82, 2.24) is 0 Å². The predicted molar refractivity (Wildman–Crippen MR) is 70.6 cm³/mol. The van der Waals surface area contributed by atoms with E-state index in [0.29, 0.717) is 0 Å². The van der Waals surface area contributed by atoms with Crippen LogP contribution in [0.25, 0.3) is 0 Å². The van der Waals surface area contributed by atoms with Crippen molar-refractivity contribution in [3.8, 4) is 0 Å². The number of benzene rings is 1. The third kappa shape index (κ3) is 2.78. The third-order valence-corrected chi connectivity index (χ3v) is 3.28. The Labute approximate surface area is 107 Å². The first-order valence-electron chi connectivity index (χ1n) is 6.16. The number of nitrogens with zero attached hydrogens (tertiary/aromatic N) is 2. The van der Waals surface area contributed by atoms with E-state index in [-0.39, 0.29) is 0 Å². The Hall–Kier alpha value is -1.64. The van der Waals surface area contributed by atoms with Crippen LogP contribution in [0, 0.1) is 0 Å². The van der Waals surface area contributed by atoms with Crippen LogP contribution in [0.5, 0.6) is 0 Å². The van der Waals surface area contributed by atoms with Crippen LogP contribution in [-0.2, 0) is 15.1 Å². The summed E-state index contributed by atoms with van der Waals surface area (Å²) in [5.41, 5.74) is 1.70. The topological polar surface area (TPSA) is 41.9 Å². The van der Waals surface area contributed by atoms with Crippen molar-refractivity contribution >= 4 is 11.8 Å². The highest BCUT2D eigenvalue weighted by Gasteiger charge is 2.19. The van der Waals surface area contributed by atoms with Crippen molar-refractivity contribution in [3.63, 3.8) is 0 Å². The molecule has 0 saturated carbocycles. The lowest BCUT2D eigenvalue weighted by Crippen LogP contribution is -2.36. The van der Waals surface area contributed by atoms with Crippen LogP contribution in [0.2, 0.25) is 0 Å². The summed E-state index contributed by atoms with van der Waals surface area (Å²) < 4.78 is 5.33. The molecule has 96 valence electrons. The zero-order valence-corrected chi connectivity index (χ0v) is 10.8. The number of morpholine rings is 1. The second-order valence-corrected chi connectivity index (χ2v) is 4.91. The van der Waals surface area contributed by atoms with E-state index in [0.717, 1.165) is 31.9 Å². The smallest absolute Gasteiger partial charge is 0.235 e. The molecule has 1 aromatic rings. The van der Waals surface area contributed by atoms with Gasteiger partial charge in [-0.15, -0.1) is 0 Å². The Morgan fingerprint density at radius 1 is 1.22 bits per heavy atom. The maximum absolute atomic E-state index is 10.4. The summed E-state index contributed by atoms with van der Waals surface area (Å²) >= 11 is 0. The van der Waals surface area contributed by atoms with Crippen molar-refractivity contribution in [2.75, 3.05) is 31.2 Å². The van der Waals surface area contributed by atoms with E-state index in [9.17, 15) is 4.79 Å². The lowest BCUT2D eigenvalue weighted by Gasteiger charge is -2.29. The molecule has 1 aliphatic heterocycles. The monoisotopic (exact) mass is 246 g/mol. The second-order valence-electron chi connectivity index (χ2n) is 4.91. The van der Waals surface area contributed by atoms with Gasteiger partial charge in [-0.05, 0) is 31.5 Å². The molecular formula is C14H18N2O2. The van der Waals surface area contributed by atoms with E-state index in [1.54, 1.807) is 6.08 Å². The number of aliphatic imine (C=N–C) groups is 1. The molecule has 0 atom stereocenters. The lowest BCUT2D eigenvalue weighted by atomic mass is 9.95. The SMILES string of the molecule is CC(C)(N=C=O)c1ccc(N2CCOCC2)cc1. The number of hydrogen-bond donors (Lipinski definition) is 0. The molecule has 2 rings (SSSR count). The zero-order chi connectivity index (χ0) is 13.0. The van der Waals surface area contributed by atoms with E-state index in [2.05, 4.69) is 22.0 Å². The Bertz CT molecular complexity index is 441. The average Bonchev–Trinajstić information content (AvgIpc) is 2.40. The molecule has 4 nitrogen and oxygen atoms in total. The Kier molecular flexibility index (Phi) is 3.80. The first-order chi connectivity index (χ1) is 8.63. The first-order valence-corrected chi connectivity index (χ1v) is 6.16. The number of carbonyl (C=O) groups excluding carboxylic acids is 1. The van der Waals surface area contributed by atoms with Gasteiger partial charge in [0.15, 0.2) is 0 Å². The van der Waals surface area contributed by atoms with E-state index in [4.69, 9.17) is 4.74 Å². The van der Waals surface area contributed by atoms with Gasteiger partial charge in [-0.25, -0.2) is 4.79 Å². The first kappa shape index (κ1) is 12.8. The Morgan fingerprint density at radius 2 is 1.83 bits per heavy atom. The molecule has 0 spiro atoms. The van der Waals surface area contributed by atoms with E-state index >= 15 is 0 Å². The summed E-state index contributed by atoms with van der Waals surface area (Å²) in [6.07, 6.45) is 1.63. The molecule has 1 heterocycles. The van der Waals surface area contributed by atoms with E-state index in [1.165, 1.54) is 5.69 Å². The molecule has 0 amide bonds. The minimum atomic E-state index is -0.509. The van der Waals surface area contributed by atoms with Crippen molar-refractivity contribution in [1.29, 1.82) is 0 Å². The molecule has 1 saturated heterocycles. The van der Waals surface area contributed by atoms with Crippen LogP contribution in [0.3, 0.4) is 0 Å². The van der Waals surface area contributed by atoms with Gasteiger partial charge in [0.25, 0.3) is 0 Å². The van der Waals surface area contributed by atoms with Gasteiger partial charge in [0.2, 0.25) is 6.08 Å². The summed E-state index contributed by atoms with van der Waals surface area (Å²) in [6, 6.07) is 8.18. The van der Waals surface area contributed by atoms with E-state index < -0.39 is 5.54 Å². The second kappa shape index (κ2) is 5.34. The van der Waals surface area contributed by atoms with Gasteiger partial charge in [0, 0.05) is 18.8 Å². The van der Waals surface area contributed by atoms with Crippen molar-refractivity contribution in [2.24, 2.45) is 4.99 Å². The fourth-order valence-corrected chi connectivity index (χ4v) is 2.08. The summed E-state index contributed by atoms with van der Waals surface area (Å²) in [6.45, 7) is 7.22. The van der Waals surface area contributed by atoms with Gasteiger partial charge in [-0.2, -0.15) is 4.99 Å². The summed E-state index contributed by atoms with van der Waals surface area (Å²) in [7, 11) is 0. The van der Waals surface area contributed by atoms with Gasteiger partial charge in [0.05, 0.1) is 18.8 Å². The summed E-state index contributed by atoms with van der Waals surface area (Å²) in [5.74, 6) is 0. The Morgan fingerprint density at radius 3 is 2.39 bits per heavy atom. The lowest BCUT2D eigenvalue weighted by molar-refractivity contribution is 0.122. The van der Waals surface area contributed by atoms with Crippen molar-refractivity contribution in [2.45, 2.75) is 19.4 Å². The van der Waals surface area contributed by atoms with Crippen LogP contribution in [0.1, 0.15) is 19.4 Å². The number of ether oxygens (including phenoxy) is 1. The molecule has 1 aliphatic rings. The molecule has 4 heteroatoms. The number of anilines is 1. The quantitative estimate of drug-likeness (QED) is 0.606. The predicted octanol–water partition coefficient (Wildman–Crippen LogP) is 2.09. The van der Waals surface area contributed by atoms with Gasteiger partial charge >= 0.3 is 0 Å². The number of isocyanates is 1. The van der Waals surface area contributed by atoms with Crippen LogP contribution in [0.4, 0.5) is 5.69 Å². The van der Waals surface area contributed by atoms with Crippen LogP contribution < -0.4 is 4.90 Å². The minimum absolute atomic E-state index is 0.509. The van der Waals surface area contributed by atoms with Gasteiger partial charge in [-0.1, -0.05) is 12.1 Å². The molecule has 0 aliphatic carbocycles. The fourth-order valence-electron chi connectivity index (χ4n) is 2.08. The maximum atomic E-state index is 10.4. The van der Waals surface area contributed by atoms with Crippen LogP contribution in [-0.4, -0.2) is 32.4 Å². The van der Waals surface area contributed by atoms with Crippen LogP contribution in [0.15, 0.2) is 29.3 Å². The number of hydrogen-bond acceptors (Lipinski definition) is 4. The molecule has 0 N–H and O–H groups in total. The molecule has 0 bridgehead atoms. The third-order valence-electron chi connectivity index (χ3n) is 3.28. The highest BCUT2D eigenvalue weighted by atomic mass is 16.5. The molecule has 0 aromatic heterocycles. The zero-order valence-electron chi connectivity index (χ0n) is 10.8. The van der Waals surface area contributed by atoms with E-state index in [1.807, 2.05) is 26.0 Å². The fraction of sp³-hybridized carbons (Fsp3) is 0.500. The Balaban J connectivity index is 2.16.